The summed E-state index contributed by atoms with van der Waals surface area (Å²) in [4.78, 5) is 0. The van der Waals surface area contributed by atoms with Gasteiger partial charge in [-0.25, -0.2) is 0 Å². The SMILES string of the molecule is Cc1cc(C)cc(C(CCC2CCCCO2)NN)c1. The van der Waals surface area contributed by atoms with Crippen LogP contribution in [0.15, 0.2) is 18.2 Å². The van der Waals surface area contributed by atoms with Gasteiger partial charge in [-0.1, -0.05) is 29.3 Å². The molecule has 0 aliphatic carbocycles. The summed E-state index contributed by atoms with van der Waals surface area (Å²) in [5.41, 5.74) is 6.84. The lowest BCUT2D eigenvalue weighted by atomic mass is 9.95. The van der Waals surface area contributed by atoms with Crippen LogP contribution in [0, 0.1) is 13.8 Å². The summed E-state index contributed by atoms with van der Waals surface area (Å²) >= 11 is 0. The second kappa shape index (κ2) is 7.04. The van der Waals surface area contributed by atoms with Crippen LogP contribution in [0.1, 0.15) is 54.8 Å². The van der Waals surface area contributed by atoms with E-state index in [-0.39, 0.29) is 6.04 Å². The molecule has 1 saturated heterocycles. The fraction of sp³-hybridized carbons (Fsp3) is 0.625. The van der Waals surface area contributed by atoms with Crippen molar-refractivity contribution in [2.45, 2.75) is 58.1 Å². The Bertz CT molecular complexity index is 379. The van der Waals surface area contributed by atoms with Crippen molar-refractivity contribution < 1.29 is 4.74 Å². The predicted molar refractivity (Wildman–Crippen MR) is 78.8 cm³/mol. The van der Waals surface area contributed by atoms with Crippen LogP contribution in [0.3, 0.4) is 0 Å². The van der Waals surface area contributed by atoms with Crippen LogP contribution in [0.4, 0.5) is 0 Å². The van der Waals surface area contributed by atoms with Gasteiger partial charge in [0.2, 0.25) is 0 Å². The Balaban J connectivity index is 1.95. The maximum absolute atomic E-state index is 5.79. The maximum Gasteiger partial charge on any atom is 0.0575 e. The highest BCUT2D eigenvalue weighted by Crippen LogP contribution is 2.24. The molecule has 1 fully saturated rings. The van der Waals surface area contributed by atoms with Crippen molar-refractivity contribution in [1.29, 1.82) is 0 Å². The number of ether oxygens (including phenoxy) is 1. The van der Waals surface area contributed by atoms with Crippen LogP contribution in [0.25, 0.3) is 0 Å². The average molecular weight is 262 g/mol. The molecule has 2 rings (SSSR count). The average Bonchev–Trinajstić information content (AvgIpc) is 2.39. The summed E-state index contributed by atoms with van der Waals surface area (Å²) in [5, 5.41) is 0. The van der Waals surface area contributed by atoms with Gasteiger partial charge in [-0.2, -0.15) is 0 Å². The molecule has 3 nitrogen and oxygen atoms in total. The van der Waals surface area contributed by atoms with E-state index in [1.807, 2.05) is 0 Å². The molecule has 3 N–H and O–H groups in total. The van der Waals surface area contributed by atoms with E-state index in [0.717, 1.165) is 19.4 Å². The zero-order valence-electron chi connectivity index (χ0n) is 12.1. The minimum Gasteiger partial charge on any atom is -0.378 e. The van der Waals surface area contributed by atoms with Crippen molar-refractivity contribution in [3.8, 4) is 0 Å². The van der Waals surface area contributed by atoms with Gasteiger partial charge in [-0.15, -0.1) is 0 Å². The minimum absolute atomic E-state index is 0.226. The molecule has 1 aliphatic heterocycles. The van der Waals surface area contributed by atoms with Crippen LogP contribution in [-0.4, -0.2) is 12.7 Å². The summed E-state index contributed by atoms with van der Waals surface area (Å²) in [7, 11) is 0. The van der Waals surface area contributed by atoms with E-state index in [4.69, 9.17) is 10.6 Å². The topological polar surface area (TPSA) is 47.3 Å². The highest BCUT2D eigenvalue weighted by molar-refractivity contribution is 5.30. The van der Waals surface area contributed by atoms with Crippen molar-refractivity contribution in [2.24, 2.45) is 5.84 Å². The van der Waals surface area contributed by atoms with Crippen LogP contribution in [-0.2, 0) is 4.74 Å². The second-order valence-corrected chi connectivity index (χ2v) is 5.71. The molecule has 106 valence electrons. The minimum atomic E-state index is 0.226. The zero-order valence-corrected chi connectivity index (χ0v) is 12.1. The lowest BCUT2D eigenvalue weighted by Gasteiger charge is -2.25. The number of benzene rings is 1. The molecule has 1 heterocycles. The highest BCUT2D eigenvalue weighted by Gasteiger charge is 2.17. The number of rotatable bonds is 5. The van der Waals surface area contributed by atoms with Gasteiger partial charge in [0.05, 0.1) is 6.10 Å². The maximum atomic E-state index is 5.79. The Morgan fingerprint density at radius 2 is 2.00 bits per heavy atom. The first kappa shape index (κ1) is 14.5. The third-order valence-electron chi connectivity index (χ3n) is 3.90. The van der Waals surface area contributed by atoms with Gasteiger partial charge in [0.1, 0.15) is 0 Å². The third-order valence-corrected chi connectivity index (χ3v) is 3.90. The summed E-state index contributed by atoms with van der Waals surface area (Å²) in [6.07, 6.45) is 6.26. The van der Waals surface area contributed by atoms with Gasteiger partial charge < -0.3 is 4.74 Å². The van der Waals surface area contributed by atoms with E-state index < -0.39 is 0 Å². The van der Waals surface area contributed by atoms with E-state index in [1.54, 1.807) is 0 Å². The van der Waals surface area contributed by atoms with Gasteiger partial charge in [-0.05, 0) is 51.5 Å². The van der Waals surface area contributed by atoms with Crippen LogP contribution >= 0.6 is 0 Å². The summed E-state index contributed by atoms with van der Waals surface area (Å²) < 4.78 is 5.79. The fourth-order valence-electron chi connectivity index (χ4n) is 2.94. The van der Waals surface area contributed by atoms with E-state index in [1.165, 1.54) is 36.0 Å². The van der Waals surface area contributed by atoms with Crippen molar-refractivity contribution >= 4 is 0 Å². The number of hydrogen-bond acceptors (Lipinski definition) is 3. The van der Waals surface area contributed by atoms with Crippen molar-refractivity contribution in [3.05, 3.63) is 34.9 Å². The molecule has 0 saturated carbocycles. The smallest absolute Gasteiger partial charge is 0.0575 e. The third kappa shape index (κ3) is 4.30. The Kier molecular flexibility index (Phi) is 5.37. The molecule has 0 amide bonds. The summed E-state index contributed by atoms with van der Waals surface area (Å²) in [6, 6.07) is 6.86. The first-order valence-corrected chi connectivity index (χ1v) is 7.35. The number of hydrogen-bond donors (Lipinski definition) is 2. The molecule has 19 heavy (non-hydrogen) atoms. The predicted octanol–water partition coefficient (Wildman–Crippen LogP) is 3.16. The number of aryl methyl sites for hydroxylation is 2. The molecule has 0 radical (unpaired) electrons. The van der Waals surface area contributed by atoms with Gasteiger partial charge >= 0.3 is 0 Å². The lowest BCUT2D eigenvalue weighted by Crippen LogP contribution is -2.30. The fourth-order valence-corrected chi connectivity index (χ4v) is 2.94. The molecule has 2 unspecified atom stereocenters. The van der Waals surface area contributed by atoms with E-state index in [0.29, 0.717) is 6.10 Å². The first-order chi connectivity index (χ1) is 9.19. The molecule has 1 aliphatic rings. The normalized spacial score (nSPS) is 21.3. The second-order valence-electron chi connectivity index (χ2n) is 5.71. The van der Waals surface area contributed by atoms with Gasteiger partial charge in [-0.3, -0.25) is 11.3 Å². The standard InChI is InChI=1S/C16H26N2O/c1-12-9-13(2)11-14(10-12)16(18-17)7-6-15-5-3-4-8-19-15/h9-11,15-16,18H,3-8,17H2,1-2H3. The molecule has 0 bridgehead atoms. The Labute approximate surface area is 116 Å². The van der Waals surface area contributed by atoms with Crippen LogP contribution in [0.5, 0.6) is 0 Å². The van der Waals surface area contributed by atoms with Gasteiger partial charge in [0, 0.05) is 12.6 Å². The molecule has 1 aromatic carbocycles. The zero-order chi connectivity index (χ0) is 13.7. The monoisotopic (exact) mass is 262 g/mol. The van der Waals surface area contributed by atoms with Crippen LogP contribution < -0.4 is 11.3 Å². The van der Waals surface area contributed by atoms with Crippen molar-refractivity contribution in [2.75, 3.05) is 6.61 Å². The number of hydrazine groups is 1. The molecule has 2 atom stereocenters. The summed E-state index contributed by atoms with van der Waals surface area (Å²) in [6.45, 7) is 5.19. The molecule has 1 aromatic rings. The molecule has 3 heteroatoms. The molecular weight excluding hydrogens is 236 g/mol. The van der Waals surface area contributed by atoms with Crippen molar-refractivity contribution in [1.82, 2.24) is 5.43 Å². The largest absolute Gasteiger partial charge is 0.378 e. The highest BCUT2D eigenvalue weighted by atomic mass is 16.5. The van der Waals surface area contributed by atoms with Gasteiger partial charge in [0.25, 0.3) is 0 Å². The van der Waals surface area contributed by atoms with Crippen LogP contribution in [0.2, 0.25) is 0 Å². The van der Waals surface area contributed by atoms with E-state index in [2.05, 4.69) is 37.5 Å². The molecule has 0 aromatic heterocycles. The quantitative estimate of drug-likeness (QED) is 0.633. The lowest BCUT2D eigenvalue weighted by molar-refractivity contribution is 0.00854. The number of nitrogens with one attached hydrogen (secondary N) is 1. The first-order valence-electron chi connectivity index (χ1n) is 7.35. The molecular formula is C16H26N2O. The van der Waals surface area contributed by atoms with Crippen molar-refractivity contribution in [3.63, 3.8) is 0 Å². The Morgan fingerprint density at radius 1 is 1.26 bits per heavy atom. The Hall–Kier alpha value is -0.900. The summed E-state index contributed by atoms with van der Waals surface area (Å²) in [5.74, 6) is 5.73. The number of nitrogens with two attached hydrogens (primary N) is 1. The van der Waals surface area contributed by atoms with E-state index >= 15 is 0 Å². The molecule has 0 spiro atoms. The van der Waals surface area contributed by atoms with E-state index in [9.17, 15) is 0 Å². The Morgan fingerprint density at radius 3 is 2.58 bits per heavy atom. The van der Waals surface area contributed by atoms with Gasteiger partial charge in [0.15, 0.2) is 0 Å².